The Morgan fingerprint density at radius 2 is 1.75 bits per heavy atom. The number of aromatic nitrogens is 1. The molecule has 0 amide bonds. The number of nitrogens with one attached hydrogen (secondary N) is 1. The molecule has 0 atom stereocenters. The van der Waals surface area contributed by atoms with Crippen LogP contribution in [0.1, 0.15) is 29.5 Å². The number of hydrogen-bond acceptors (Lipinski definition) is 5. The topological polar surface area (TPSA) is 57.8 Å². The number of morpholine rings is 1. The van der Waals surface area contributed by atoms with Crippen molar-refractivity contribution >= 4 is 5.69 Å². The minimum absolute atomic E-state index is 0.0773. The third-order valence-electron chi connectivity index (χ3n) is 7.30. The first-order chi connectivity index (χ1) is 17.4. The zero-order chi connectivity index (χ0) is 24.7. The van der Waals surface area contributed by atoms with Crippen LogP contribution in [0.2, 0.25) is 0 Å². The van der Waals surface area contributed by atoms with E-state index >= 15 is 0 Å². The van der Waals surface area contributed by atoms with E-state index in [1.54, 1.807) is 6.07 Å². The molecule has 0 saturated carbocycles. The standard InChI is InChI=1S/C28H29F2N3O3/c29-28(30)6-8-32(9-7-28)18-19-4-5-25-21(14-19)15-20-2-1-3-23(27(20)36-25)24-16-22(17-26(34)31-24)33-10-12-35-13-11-33/h1-5,14,16-17H,6-13,15,18H2,(H,31,34). The number of H-pyrrole nitrogens is 1. The van der Waals surface area contributed by atoms with Crippen molar-refractivity contribution in [3.05, 3.63) is 75.6 Å². The number of hydrogen-bond donors (Lipinski definition) is 1. The van der Waals surface area contributed by atoms with Crippen molar-refractivity contribution in [1.29, 1.82) is 0 Å². The summed E-state index contributed by atoms with van der Waals surface area (Å²) in [6.07, 6.45) is 0.551. The van der Waals surface area contributed by atoms with E-state index in [1.807, 2.05) is 36.4 Å². The highest BCUT2D eigenvalue weighted by Crippen LogP contribution is 2.43. The van der Waals surface area contributed by atoms with Crippen molar-refractivity contribution in [2.75, 3.05) is 44.3 Å². The quantitative estimate of drug-likeness (QED) is 0.442. The molecule has 2 saturated heterocycles. The average Bonchev–Trinajstić information content (AvgIpc) is 2.88. The first-order valence-corrected chi connectivity index (χ1v) is 12.5. The third-order valence-corrected chi connectivity index (χ3v) is 7.30. The van der Waals surface area contributed by atoms with Gasteiger partial charge in [-0.1, -0.05) is 24.3 Å². The Balaban J connectivity index is 1.25. The molecule has 0 aliphatic carbocycles. The lowest BCUT2D eigenvalue weighted by Gasteiger charge is -2.32. The van der Waals surface area contributed by atoms with Crippen LogP contribution in [-0.2, 0) is 17.7 Å². The summed E-state index contributed by atoms with van der Waals surface area (Å²) in [5.74, 6) is -0.991. The van der Waals surface area contributed by atoms with Crippen molar-refractivity contribution in [3.8, 4) is 22.8 Å². The lowest BCUT2D eigenvalue weighted by Crippen LogP contribution is -2.38. The molecule has 0 spiro atoms. The number of likely N-dealkylation sites (tertiary alicyclic amines) is 1. The minimum Gasteiger partial charge on any atom is -0.456 e. The Kier molecular flexibility index (Phi) is 6.01. The molecule has 1 N–H and O–H groups in total. The SMILES string of the molecule is O=c1cc(N2CCOCC2)cc(-c2cccc3c2Oc2ccc(CN4CCC(F)(F)CC4)cc2C3)[nH]1. The summed E-state index contributed by atoms with van der Waals surface area (Å²) in [4.78, 5) is 19.8. The highest BCUT2D eigenvalue weighted by molar-refractivity contribution is 5.74. The molecule has 4 heterocycles. The van der Waals surface area contributed by atoms with Gasteiger partial charge in [0.05, 0.1) is 18.9 Å². The van der Waals surface area contributed by atoms with Crippen LogP contribution in [0.4, 0.5) is 14.5 Å². The number of aromatic amines is 1. The van der Waals surface area contributed by atoms with Gasteiger partial charge in [0, 0.05) is 69.3 Å². The number of piperidine rings is 1. The number of rotatable bonds is 4. The Labute approximate surface area is 208 Å². The van der Waals surface area contributed by atoms with Crippen LogP contribution in [0.15, 0.2) is 53.3 Å². The number of pyridine rings is 1. The fraction of sp³-hybridized carbons (Fsp3) is 0.393. The molecule has 0 radical (unpaired) electrons. The number of ether oxygens (including phenoxy) is 2. The van der Waals surface area contributed by atoms with Crippen molar-refractivity contribution in [1.82, 2.24) is 9.88 Å². The summed E-state index contributed by atoms with van der Waals surface area (Å²) in [5.41, 5.74) is 5.53. The number of fused-ring (bicyclic) bond motifs is 2. The maximum absolute atomic E-state index is 13.5. The maximum atomic E-state index is 13.5. The third kappa shape index (κ3) is 4.75. The van der Waals surface area contributed by atoms with E-state index in [0.29, 0.717) is 39.3 Å². The van der Waals surface area contributed by atoms with Gasteiger partial charge < -0.3 is 19.4 Å². The van der Waals surface area contributed by atoms with E-state index < -0.39 is 5.92 Å². The molecule has 36 heavy (non-hydrogen) atoms. The maximum Gasteiger partial charge on any atom is 0.250 e. The zero-order valence-corrected chi connectivity index (χ0v) is 20.1. The van der Waals surface area contributed by atoms with Gasteiger partial charge in [-0.25, -0.2) is 8.78 Å². The number of alkyl halides is 2. The van der Waals surface area contributed by atoms with Crippen LogP contribution in [0.5, 0.6) is 11.5 Å². The highest BCUT2D eigenvalue weighted by atomic mass is 19.3. The second kappa shape index (κ2) is 9.33. The van der Waals surface area contributed by atoms with Crippen molar-refractivity contribution in [2.45, 2.75) is 31.7 Å². The fourth-order valence-corrected chi connectivity index (χ4v) is 5.32. The Bertz CT molecular complexity index is 1320. The van der Waals surface area contributed by atoms with Gasteiger partial charge in [0.15, 0.2) is 0 Å². The number of para-hydroxylation sites is 1. The fourth-order valence-electron chi connectivity index (χ4n) is 5.32. The summed E-state index contributed by atoms with van der Waals surface area (Å²) in [5, 5.41) is 0. The van der Waals surface area contributed by atoms with Crippen LogP contribution in [0.3, 0.4) is 0 Å². The van der Waals surface area contributed by atoms with Gasteiger partial charge in [0.2, 0.25) is 5.56 Å². The van der Waals surface area contributed by atoms with Crippen LogP contribution in [0.25, 0.3) is 11.3 Å². The number of halogens is 2. The zero-order valence-electron chi connectivity index (χ0n) is 20.1. The van der Waals surface area contributed by atoms with Gasteiger partial charge in [-0.2, -0.15) is 0 Å². The van der Waals surface area contributed by atoms with Gasteiger partial charge in [-0.3, -0.25) is 9.69 Å². The van der Waals surface area contributed by atoms with E-state index in [9.17, 15) is 13.6 Å². The number of nitrogens with zero attached hydrogens (tertiary/aromatic N) is 2. The predicted molar refractivity (Wildman–Crippen MR) is 134 cm³/mol. The first-order valence-electron chi connectivity index (χ1n) is 12.5. The van der Waals surface area contributed by atoms with Crippen LogP contribution in [0, 0.1) is 0 Å². The van der Waals surface area contributed by atoms with E-state index in [4.69, 9.17) is 9.47 Å². The van der Waals surface area contributed by atoms with E-state index in [1.165, 1.54) is 0 Å². The van der Waals surface area contributed by atoms with E-state index in [2.05, 4.69) is 20.9 Å². The van der Waals surface area contributed by atoms with E-state index in [-0.39, 0.29) is 18.4 Å². The van der Waals surface area contributed by atoms with Gasteiger partial charge in [0.1, 0.15) is 11.5 Å². The number of anilines is 1. The largest absolute Gasteiger partial charge is 0.456 e. The van der Waals surface area contributed by atoms with Gasteiger partial charge >= 0.3 is 0 Å². The van der Waals surface area contributed by atoms with Crippen LogP contribution in [-0.4, -0.2) is 55.2 Å². The predicted octanol–water partition coefficient (Wildman–Crippen LogP) is 4.81. The summed E-state index contributed by atoms with van der Waals surface area (Å²) in [6.45, 7) is 4.28. The molecule has 1 aromatic heterocycles. The van der Waals surface area contributed by atoms with Crippen molar-refractivity contribution < 1.29 is 18.3 Å². The first kappa shape index (κ1) is 23.2. The lowest BCUT2D eigenvalue weighted by molar-refractivity contribution is -0.0566. The van der Waals surface area contributed by atoms with Crippen LogP contribution >= 0.6 is 0 Å². The molecule has 2 aromatic carbocycles. The molecule has 3 aliphatic heterocycles. The monoisotopic (exact) mass is 493 g/mol. The molecular formula is C28H29F2N3O3. The molecule has 0 unspecified atom stereocenters. The molecule has 3 aromatic rings. The highest BCUT2D eigenvalue weighted by Gasteiger charge is 2.34. The number of benzene rings is 2. The van der Waals surface area contributed by atoms with Gasteiger partial charge in [-0.05, 0) is 34.9 Å². The summed E-state index contributed by atoms with van der Waals surface area (Å²) < 4.78 is 38.9. The molecule has 8 heteroatoms. The normalized spacial score (nSPS) is 19.3. The molecule has 188 valence electrons. The Morgan fingerprint density at radius 3 is 2.56 bits per heavy atom. The van der Waals surface area contributed by atoms with Crippen molar-refractivity contribution in [2.24, 2.45) is 0 Å². The molecule has 2 fully saturated rings. The summed E-state index contributed by atoms with van der Waals surface area (Å²) in [7, 11) is 0. The average molecular weight is 494 g/mol. The molecule has 6 rings (SSSR count). The van der Waals surface area contributed by atoms with Crippen molar-refractivity contribution in [3.63, 3.8) is 0 Å². The second-order valence-corrected chi connectivity index (χ2v) is 9.86. The molecule has 3 aliphatic rings. The Morgan fingerprint density at radius 1 is 0.944 bits per heavy atom. The van der Waals surface area contributed by atoms with Gasteiger partial charge in [0.25, 0.3) is 5.92 Å². The second-order valence-electron chi connectivity index (χ2n) is 9.86. The molecular weight excluding hydrogens is 464 g/mol. The smallest absolute Gasteiger partial charge is 0.250 e. The molecule has 0 bridgehead atoms. The lowest BCUT2D eigenvalue weighted by atomic mass is 9.95. The van der Waals surface area contributed by atoms with Crippen LogP contribution < -0.4 is 15.2 Å². The minimum atomic E-state index is -2.53. The Hall–Kier alpha value is -3.23. The summed E-state index contributed by atoms with van der Waals surface area (Å²) >= 11 is 0. The van der Waals surface area contributed by atoms with E-state index in [0.717, 1.165) is 58.2 Å². The van der Waals surface area contributed by atoms with Gasteiger partial charge in [-0.15, -0.1) is 0 Å². The molecule has 6 nitrogen and oxygen atoms in total. The summed E-state index contributed by atoms with van der Waals surface area (Å²) in [6, 6.07) is 15.7.